The van der Waals surface area contributed by atoms with E-state index in [1.807, 2.05) is 78.9 Å². The summed E-state index contributed by atoms with van der Waals surface area (Å²) in [5.41, 5.74) is 4.81. The Balaban J connectivity index is 1.19. The van der Waals surface area contributed by atoms with Crippen molar-refractivity contribution in [3.05, 3.63) is 144 Å². The summed E-state index contributed by atoms with van der Waals surface area (Å²) >= 11 is 0. The number of aromatic nitrogens is 1. The summed E-state index contributed by atoms with van der Waals surface area (Å²) in [5, 5.41) is 0. The first-order valence-corrected chi connectivity index (χ1v) is 13.3. The molecule has 1 amide bonds. The number of pyridine rings is 1. The summed E-state index contributed by atoms with van der Waals surface area (Å²) < 4.78 is 30.6. The van der Waals surface area contributed by atoms with Crippen LogP contribution in [0.4, 0.5) is 4.39 Å². The molecule has 0 saturated heterocycles. The number of hydrogen-bond acceptors (Lipinski definition) is 5. The van der Waals surface area contributed by atoms with Gasteiger partial charge in [-0.1, -0.05) is 48.5 Å². The molecule has 0 unspecified atom stereocenters. The molecule has 7 heteroatoms. The van der Waals surface area contributed by atoms with Gasteiger partial charge in [-0.05, 0) is 82.9 Å². The fourth-order valence-corrected chi connectivity index (χ4v) is 4.69. The Morgan fingerprint density at radius 3 is 2.46 bits per heavy atom. The van der Waals surface area contributed by atoms with Crippen LogP contribution in [0.3, 0.4) is 0 Å². The zero-order chi connectivity index (χ0) is 28.0. The van der Waals surface area contributed by atoms with Crippen LogP contribution in [-0.2, 0) is 19.7 Å². The predicted molar refractivity (Wildman–Crippen MR) is 153 cm³/mol. The van der Waals surface area contributed by atoms with Crippen LogP contribution in [-0.4, -0.2) is 22.6 Å². The second-order valence-electron chi connectivity index (χ2n) is 9.69. The number of nitrogens with zero attached hydrogens (tertiary/aromatic N) is 2. The average Bonchev–Trinajstić information content (AvgIpc) is 3.48. The number of amides is 1. The van der Waals surface area contributed by atoms with Gasteiger partial charge in [0.1, 0.15) is 18.2 Å². The number of benzene rings is 4. The molecule has 0 fully saturated rings. The van der Waals surface area contributed by atoms with Gasteiger partial charge in [0.2, 0.25) is 6.79 Å². The number of rotatable bonds is 9. The van der Waals surface area contributed by atoms with Crippen LogP contribution >= 0.6 is 0 Å². The zero-order valence-electron chi connectivity index (χ0n) is 22.2. The Morgan fingerprint density at radius 1 is 0.780 bits per heavy atom. The maximum atomic E-state index is 13.7. The molecule has 41 heavy (non-hydrogen) atoms. The average molecular weight is 547 g/mol. The molecule has 5 aromatic rings. The van der Waals surface area contributed by atoms with Gasteiger partial charge in [-0.3, -0.25) is 9.78 Å². The van der Waals surface area contributed by atoms with Crippen LogP contribution in [0.2, 0.25) is 0 Å². The number of halogens is 1. The van der Waals surface area contributed by atoms with Crippen molar-refractivity contribution in [1.82, 2.24) is 9.88 Å². The molecule has 6 nitrogen and oxygen atoms in total. The van der Waals surface area contributed by atoms with Crippen LogP contribution in [0.1, 0.15) is 27.2 Å². The Hall–Kier alpha value is -5.17. The van der Waals surface area contributed by atoms with Crippen molar-refractivity contribution < 1.29 is 23.4 Å². The molecule has 0 radical (unpaired) electrons. The molecule has 0 spiro atoms. The van der Waals surface area contributed by atoms with Crippen LogP contribution < -0.4 is 14.2 Å². The van der Waals surface area contributed by atoms with Gasteiger partial charge in [0.15, 0.2) is 11.5 Å². The molecule has 204 valence electrons. The lowest BCUT2D eigenvalue weighted by Gasteiger charge is -2.23. The van der Waals surface area contributed by atoms with Gasteiger partial charge in [-0.2, -0.15) is 0 Å². The standard InChI is InChI=1S/C34H27FN2O4/c35-29-7-4-6-28(19-29)26-11-13-27(14-12-26)34(38)37(21-30-8-1-2-16-36-30)20-24-5-3-9-31(17-24)39-22-25-10-15-32-33(18-25)41-23-40-32/h1-19H,20-23H2. The molecular formula is C34H27FN2O4. The summed E-state index contributed by atoms with van der Waals surface area (Å²) in [6, 6.07) is 32.8. The second kappa shape index (κ2) is 11.9. The van der Waals surface area contributed by atoms with Crippen molar-refractivity contribution in [3.63, 3.8) is 0 Å². The van der Waals surface area contributed by atoms with E-state index in [4.69, 9.17) is 14.2 Å². The Morgan fingerprint density at radius 2 is 1.63 bits per heavy atom. The lowest BCUT2D eigenvalue weighted by molar-refractivity contribution is 0.0727. The minimum absolute atomic E-state index is 0.131. The van der Waals surface area contributed by atoms with E-state index in [9.17, 15) is 9.18 Å². The highest BCUT2D eigenvalue weighted by atomic mass is 19.1. The van der Waals surface area contributed by atoms with Gasteiger partial charge in [-0.15, -0.1) is 0 Å². The molecule has 0 atom stereocenters. The summed E-state index contributed by atoms with van der Waals surface area (Å²) in [6.45, 7) is 1.30. The van der Waals surface area contributed by atoms with Crippen molar-refractivity contribution in [3.8, 4) is 28.4 Å². The fraction of sp³-hybridized carbons (Fsp3) is 0.118. The van der Waals surface area contributed by atoms with E-state index in [0.29, 0.717) is 36.8 Å². The Bertz CT molecular complexity index is 1660. The monoisotopic (exact) mass is 546 g/mol. The molecule has 0 N–H and O–H groups in total. The number of hydrogen-bond donors (Lipinski definition) is 0. The molecule has 1 aromatic heterocycles. The second-order valence-corrected chi connectivity index (χ2v) is 9.69. The van der Waals surface area contributed by atoms with Crippen molar-refractivity contribution in [2.45, 2.75) is 19.7 Å². The van der Waals surface area contributed by atoms with Crippen LogP contribution in [0, 0.1) is 5.82 Å². The first-order valence-electron chi connectivity index (χ1n) is 13.3. The lowest BCUT2D eigenvalue weighted by atomic mass is 10.0. The maximum Gasteiger partial charge on any atom is 0.254 e. The van der Waals surface area contributed by atoms with Crippen LogP contribution in [0.25, 0.3) is 11.1 Å². The molecule has 2 heterocycles. The SMILES string of the molecule is O=C(c1ccc(-c2cccc(F)c2)cc1)N(Cc1cccc(OCc2ccc3c(c2)OCO3)c1)Cc1ccccn1. The highest BCUT2D eigenvalue weighted by Crippen LogP contribution is 2.33. The van der Waals surface area contributed by atoms with E-state index in [0.717, 1.165) is 33.7 Å². The number of carbonyl (C=O) groups excluding carboxylic acids is 1. The largest absolute Gasteiger partial charge is 0.489 e. The number of ether oxygens (including phenoxy) is 3. The van der Waals surface area contributed by atoms with Crippen molar-refractivity contribution in [2.24, 2.45) is 0 Å². The third-order valence-electron chi connectivity index (χ3n) is 6.77. The summed E-state index contributed by atoms with van der Waals surface area (Å²) in [4.78, 5) is 19.9. The summed E-state index contributed by atoms with van der Waals surface area (Å²) in [5.74, 6) is 1.72. The quantitative estimate of drug-likeness (QED) is 0.199. The molecule has 4 aromatic carbocycles. The van der Waals surface area contributed by atoms with E-state index in [1.165, 1.54) is 12.1 Å². The lowest BCUT2D eigenvalue weighted by Crippen LogP contribution is -2.30. The summed E-state index contributed by atoms with van der Waals surface area (Å²) in [7, 11) is 0. The van der Waals surface area contributed by atoms with Crippen molar-refractivity contribution in [1.29, 1.82) is 0 Å². The van der Waals surface area contributed by atoms with Crippen molar-refractivity contribution in [2.75, 3.05) is 6.79 Å². The first-order chi connectivity index (χ1) is 20.1. The number of fused-ring (bicyclic) bond motifs is 1. The van der Waals surface area contributed by atoms with Gasteiger partial charge < -0.3 is 19.1 Å². The highest BCUT2D eigenvalue weighted by molar-refractivity contribution is 5.94. The van der Waals surface area contributed by atoms with E-state index in [2.05, 4.69) is 4.98 Å². The van der Waals surface area contributed by atoms with E-state index >= 15 is 0 Å². The number of carbonyl (C=O) groups is 1. The normalized spacial score (nSPS) is 11.7. The molecule has 0 saturated carbocycles. The highest BCUT2D eigenvalue weighted by Gasteiger charge is 2.18. The third-order valence-corrected chi connectivity index (χ3v) is 6.77. The van der Waals surface area contributed by atoms with E-state index in [1.54, 1.807) is 29.3 Å². The smallest absolute Gasteiger partial charge is 0.254 e. The molecule has 1 aliphatic heterocycles. The molecule has 6 rings (SSSR count). The van der Waals surface area contributed by atoms with Gasteiger partial charge >= 0.3 is 0 Å². The van der Waals surface area contributed by atoms with Gasteiger partial charge in [0.25, 0.3) is 5.91 Å². The maximum absolute atomic E-state index is 13.7. The van der Waals surface area contributed by atoms with Crippen molar-refractivity contribution >= 4 is 5.91 Å². The minimum atomic E-state index is -0.300. The fourth-order valence-electron chi connectivity index (χ4n) is 4.69. The van der Waals surface area contributed by atoms with E-state index < -0.39 is 0 Å². The molecular weight excluding hydrogens is 519 g/mol. The van der Waals surface area contributed by atoms with E-state index in [-0.39, 0.29) is 18.5 Å². The van der Waals surface area contributed by atoms with Gasteiger partial charge in [0, 0.05) is 18.3 Å². The third kappa shape index (κ3) is 6.36. The zero-order valence-corrected chi connectivity index (χ0v) is 22.2. The van der Waals surface area contributed by atoms with Gasteiger partial charge in [-0.25, -0.2) is 4.39 Å². The molecule has 0 bridgehead atoms. The Kier molecular flexibility index (Phi) is 7.58. The molecule has 0 aliphatic carbocycles. The van der Waals surface area contributed by atoms with Crippen LogP contribution in [0.15, 0.2) is 115 Å². The molecule has 1 aliphatic rings. The predicted octanol–water partition coefficient (Wildman–Crippen LogP) is 7.04. The minimum Gasteiger partial charge on any atom is -0.489 e. The van der Waals surface area contributed by atoms with Crippen LogP contribution in [0.5, 0.6) is 17.2 Å². The topological polar surface area (TPSA) is 60.9 Å². The first kappa shape index (κ1) is 26.1. The van der Waals surface area contributed by atoms with Gasteiger partial charge in [0.05, 0.1) is 12.2 Å². The summed E-state index contributed by atoms with van der Waals surface area (Å²) in [6.07, 6.45) is 1.72. The Labute approximate surface area is 237 Å².